The van der Waals surface area contributed by atoms with E-state index in [0.29, 0.717) is 11.3 Å². The molecule has 0 radical (unpaired) electrons. The first-order valence-electron chi connectivity index (χ1n) is 8.25. The molecule has 0 bridgehead atoms. The lowest BCUT2D eigenvalue weighted by molar-refractivity contribution is -0.120. The summed E-state index contributed by atoms with van der Waals surface area (Å²) in [6.07, 6.45) is 0. The molecule has 0 aliphatic rings. The number of rotatable bonds is 5. The zero-order valence-corrected chi connectivity index (χ0v) is 16.3. The standard InChI is InChI=1S/C20H25N3O2.ClH/c1-13-10-11-16(20(25)23(3)4)12-17(13)22-19(24)14(2)18(21)15-8-6-5-7-9-15;/h5-12,14,18H,21H2,1-4H3,(H,22,24);1H. The highest BCUT2D eigenvalue weighted by Gasteiger charge is 2.23. The van der Waals surface area contributed by atoms with Gasteiger partial charge in [-0.25, -0.2) is 0 Å². The predicted molar refractivity (Wildman–Crippen MR) is 108 cm³/mol. The van der Waals surface area contributed by atoms with Gasteiger partial charge in [-0.15, -0.1) is 12.4 Å². The molecule has 26 heavy (non-hydrogen) atoms. The van der Waals surface area contributed by atoms with Gasteiger partial charge in [0.05, 0.1) is 5.92 Å². The molecule has 2 amide bonds. The van der Waals surface area contributed by atoms with Gasteiger partial charge in [-0.05, 0) is 30.2 Å². The van der Waals surface area contributed by atoms with Crippen LogP contribution in [0, 0.1) is 12.8 Å². The molecule has 0 saturated heterocycles. The van der Waals surface area contributed by atoms with Crippen LogP contribution in [-0.4, -0.2) is 30.8 Å². The molecule has 0 aromatic heterocycles. The number of carbonyl (C=O) groups is 2. The van der Waals surface area contributed by atoms with Gasteiger partial charge in [0.15, 0.2) is 0 Å². The zero-order valence-electron chi connectivity index (χ0n) is 15.5. The van der Waals surface area contributed by atoms with Crippen molar-refractivity contribution < 1.29 is 9.59 Å². The Hall–Kier alpha value is -2.37. The van der Waals surface area contributed by atoms with E-state index >= 15 is 0 Å². The van der Waals surface area contributed by atoms with Crippen LogP contribution in [0.5, 0.6) is 0 Å². The molecular weight excluding hydrogens is 350 g/mol. The number of hydrogen-bond acceptors (Lipinski definition) is 3. The fraction of sp³-hybridized carbons (Fsp3) is 0.300. The number of nitrogens with one attached hydrogen (secondary N) is 1. The van der Waals surface area contributed by atoms with Gasteiger partial charge in [-0.1, -0.05) is 43.3 Å². The van der Waals surface area contributed by atoms with Gasteiger partial charge in [0.1, 0.15) is 0 Å². The average Bonchev–Trinajstić information content (AvgIpc) is 2.62. The monoisotopic (exact) mass is 375 g/mol. The Bertz CT molecular complexity index is 763. The Labute approximate surface area is 161 Å². The van der Waals surface area contributed by atoms with E-state index in [-0.39, 0.29) is 24.2 Å². The molecule has 0 saturated carbocycles. The van der Waals surface area contributed by atoms with Crippen LogP contribution in [0.25, 0.3) is 0 Å². The lowest BCUT2D eigenvalue weighted by atomic mass is 9.94. The summed E-state index contributed by atoms with van der Waals surface area (Å²) in [6.45, 7) is 3.69. The number of nitrogens with two attached hydrogens (primary N) is 1. The highest BCUT2D eigenvalue weighted by atomic mass is 35.5. The predicted octanol–water partition coefficient (Wildman–Crippen LogP) is 3.39. The molecule has 0 aliphatic heterocycles. The number of aryl methyl sites for hydroxylation is 1. The summed E-state index contributed by atoms with van der Waals surface area (Å²) in [5.74, 6) is -0.687. The highest BCUT2D eigenvalue weighted by molar-refractivity contribution is 5.98. The third-order valence-corrected chi connectivity index (χ3v) is 4.29. The van der Waals surface area contributed by atoms with Crippen LogP contribution in [-0.2, 0) is 4.79 Å². The van der Waals surface area contributed by atoms with Crippen molar-refractivity contribution in [1.82, 2.24) is 4.90 Å². The second-order valence-corrected chi connectivity index (χ2v) is 6.44. The molecule has 0 aliphatic carbocycles. The lowest BCUT2D eigenvalue weighted by Crippen LogP contribution is -2.30. The third-order valence-electron chi connectivity index (χ3n) is 4.29. The largest absolute Gasteiger partial charge is 0.345 e. The van der Waals surface area contributed by atoms with E-state index in [0.717, 1.165) is 11.1 Å². The molecule has 140 valence electrons. The van der Waals surface area contributed by atoms with Crippen LogP contribution < -0.4 is 11.1 Å². The first-order chi connectivity index (χ1) is 11.8. The van der Waals surface area contributed by atoms with Gasteiger partial charge in [0, 0.05) is 31.4 Å². The molecule has 0 spiro atoms. The minimum Gasteiger partial charge on any atom is -0.345 e. The van der Waals surface area contributed by atoms with E-state index in [4.69, 9.17) is 5.73 Å². The van der Waals surface area contributed by atoms with E-state index in [9.17, 15) is 9.59 Å². The second kappa shape index (κ2) is 9.36. The smallest absolute Gasteiger partial charge is 0.253 e. The van der Waals surface area contributed by atoms with Gasteiger partial charge in [-0.3, -0.25) is 9.59 Å². The summed E-state index contributed by atoms with van der Waals surface area (Å²) >= 11 is 0. The molecule has 5 nitrogen and oxygen atoms in total. The maximum Gasteiger partial charge on any atom is 0.253 e. The zero-order chi connectivity index (χ0) is 18.6. The van der Waals surface area contributed by atoms with Crippen LogP contribution in [0.15, 0.2) is 48.5 Å². The third kappa shape index (κ3) is 5.07. The number of amides is 2. The fourth-order valence-corrected chi connectivity index (χ4v) is 2.52. The van der Waals surface area contributed by atoms with E-state index in [1.807, 2.05) is 43.3 Å². The number of carbonyl (C=O) groups excluding carboxylic acids is 2. The molecule has 6 heteroatoms. The molecule has 2 aromatic carbocycles. The van der Waals surface area contributed by atoms with E-state index in [2.05, 4.69) is 5.32 Å². The topological polar surface area (TPSA) is 75.4 Å². The van der Waals surface area contributed by atoms with Crippen molar-refractivity contribution in [2.45, 2.75) is 19.9 Å². The van der Waals surface area contributed by atoms with Crippen molar-refractivity contribution in [3.8, 4) is 0 Å². The molecule has 0 fully saturated rings. The first-order valence-corrected chi connectivity index (χ1v) is 8.25. The summed E-state index contributed by atoms with van der Waals surface area (Å²) in [7, 11) is 3.39. The maximum atomic E-state index is 12.6. The van der Waals surface area contributed by atoms with Crippen LogP contribution in [0.4, 0.5) is 5.69 Å². The van der Waals surface area contributed by atoms with E-state index in [1.165, 1.54) is 4.90 Å². The Morgan fingerprint density at radius 1 is 1.08 bits per heavy atom. The van der Waals surface area contributed by atoms with Gasteiger partial charge in [-0.2, -0.15) is 0 Å². The van der Waals surface area contributed by atoms with Crippen LogP contribution in [0.1, 0.15) is 34.5 Å². The molecule has 0 heterocycles. The fourth-order valence-electron chi connectivity index (χ4n) is 2.52. The van der Waals surface area contributed by atoms with Gasteiger partial charge < -0.3 is 16.0 Å². The summed E-state index contributed by atoms with van der Waals surface area (Å²) in [6, 6.07) is 14.4. The van der Waals surface area contributed by atoms with Gasteiger partial charge in [0.25, 0.3) is 5.91 Å². The Morgan fingerprint density at radius 3 is 2.27 bits per heavy atom. The highest BCUT2D eigenvalue weighted by Crippen LogP contribution is 2.23. The SMILES string of the molecule is Cc1ccc(C(=O)N(C)C)cc1NC(=O)C(C)C(N)c1ccccc1.Cl. The molecule has 2 aromatic rings. The van der Waals surface area contributed by atoms with E-state index in [1.54, 1.807) is 33.2 Å². The average molecular weight is 376 g/mol. The minimum atomic E-state index is -0.407. The molecule has 2 rings (SSSR count). The van der Waals surface area contributed by atoms with Crippen molar-refractivity contribution in [2.24, 2.45) is 11.7 Å². The van der Waals surface area contributed by atoms with Crippen molar-refractivity contribution >= 4 is 29.9 Å². The summed E-state index contributed by atoms with van der Waals surface area (Å²) in [5.41, 5.74) is 9.20. The lowest BCUT2D eigenvalue weighted by Gasteiger charge is -2.21. The Balaban J connectivity index is 0.00000338. The van der Waals surface area contributed by atoms with Crippen LogP contribution in [0.2, 0.25) is 0 Å². The molecular formula is C20H26ClN3O2. The first kappa shape index (κ1) is 21.7. The quantitative estimate of drug-likeness (QED) is 0.841. The number of nitrogens with zero attached hydrogens (tertiary/aromatic N) is 1. The van der Waals surface area contributed by atoms with Crippen molar-refractivity contribution in [2.75, 3.05) is 19.4 Å². The molecule has 2 atom stereocenters. The van der Waals surface area contributed by atoms with Crippen LogP contribution in [0.3, 0.4) is 0 Å². The van der Waals surface area contributed by atoms with Crippen molar-refractivity contribution in [3.05, 3.63) is 65.2 Å². The Morgan fingerprint density at radius 2 is 1.69 bits per heavy atom. The minimum absolute atomic E-state index is 0. The maximum absolute atomic E-state index is 12.6. The number of anilines is 1. The summed E-state index contributed by atoms with van der Waals surface area (Å²) in [5, 5.41) is 2.91. The van der Waals surface area contributed by atoms with Crippen LogP contribution >= 0.6 is 12.4 Å². The van der Waals surface area contributed by atoms with Crippen molar-refractivity contribution in [1.29, 1.82) is 0 Å². The normalized spacial score (nSPS) is 12.5. The molecule has 2 unspecified atom stereocenters. The summed E-state index contributed by atoms with van der Waals surface area (Å²) in [4.78, 5) is 26.2. The summed E-state index contributed by atoms with van der Waals surface area (Å²) < 4.78 is 0. The van der Waals surface area contributed by atoms with Crippen molar-refractivity contribution in [3.63, 3.8) is 0 Å². The second-order valence-electron chi connectivity index (χ2n) is 6.44. The number of halogens is 1. The molecule has 3 N–H and O–H groups in total. The Kier molecular flexibility index (Phi) is 7.80. The van der Waals surface area contributed by atoms with Gasteiger partial charge in [0.2, 0.25) is 5.91 Å². The number of benzene rings is 2. The number of hydrogen-bond donors (Lipinski definition) is 2. The van der Waals surface area contributed by atoms with Gasteiger partial charge >= 0.3 is 0 Å². The van der Waals surface area contributed by atoms with E-state index < -0.39 is 12.0 Å².